The zero-order chi connectivity index (χ0) is 17.4. The quantitative estimate of drug-likeness (QED) is 0.714. The number of hydrogen-bond donors (Lipinski definition) is 0. The largest absolute Gasteiger partial charge is 0.348 e. The minimum absolute atomic E-state index is 0.153. The van der Waals surface area contributed by atoms with Crippen molar-refractivity contribution < 1.29 is 9.15 Å². The Morgan fingerprint density at radius 1 is 1.20 bits per heavy atom. The molecule has 4 heterocycles. The molecule has 130 valence electrons. The lowest BCUT2D eigenvalue weighted by molar-refractivity contribution is 0.299. The second-order valence-electron chi connectivity index (χ2n) is 6.60. The average Bonchev–Trinajstić information content (AvgIpc) is 3.35. The molecule has 8 nitrogen and oxygen atoms in total. The maximum Gasteiger partial charge on any atom is 0.259 e. The Bertz CT molecular complexity index is 854. The average molecular weight is 340 g/mol. The SMILES string of the molecule is Cc1nonc1C1CCCN1c1ccc(-c2nc(C(C)C)no2)cn1. The Balaban J connectivity index is 1.58. The second-order valence-corrected chi connectivity index (χ2v) is 6.60. The van der Waals surface area contributed by atoms with Crippen LogP contribution in [0, 0.1) is 6.92 Å². The van der Waals surface area contributed by atoms with E-state index >= 15 is 0 Å². The number of nitrogens with zero attached hydrogens (tertiary/aromatic N) is 6. The molecule has 0 spiro atoms. The zero-order valence-electron chi connectivity index (χ0n) is 14.5. The minimum Gasteiger partial charge on any atom is -0.348 e. The Hall–Kier alpha value is -2.77. The van der Waals surface area contributed by atoms with Crippen LogP contribution >= 0.6 is 0 Å². The van der Waals surface area contributed by atoms with Crippen LogP contribution in [-0.2, 0) is 0 Å². The first-order chi connectivity index (χ1) is 12.1. The van der Waals surface area contributed by atoms with Crippen LogP contribution < -0.4 is 4.90 Å². The third kappa shape index (κ3) is 2.88. The molecule has 0 amide bonds. The number of aryl methyl sites for hydroxylation is 1. The van der Waals surface area contributed by atoms with E-state index in [1.54, 1.807) is 6.20 Å². The molecule has 8 heteroatoms. The van der Waals surface area contributed by atoms with Gasteiger partial charge in [-0.25, -0.2) is 9.61 Å². The number of anilines is 1. The third-order valence-corrected chi connectivity index (χ3v) is 4.50. The van der Waals surface area contributed by atoms with Crippen molar-refractivity contribution in [3.63, 3.8) is 0 Å². The second kappa shape index (κ2) is 6.27. The van der Waals surface area contributed by atoms with Gasteiger partial charge in [0.1, 0.15) is 17.2 Å². The van der Waals surface area contributed by atoms with Gasteiger partial charge in [0.15, 0.2) is 5.82 Å². The standard InChI is InChI=1S/C17H20N6O2/c1-10(2)16-19-17(24-22-16)12-6-7-14(18-9-12)23-8-4-5-13(23)15-11(3)20-25-21-15/h6-7,9-10,13H,4-5,8H2,1-3H3. The summed E-state index contributed by atoms with van der Waals surface area (Å²) in [7, 11) is 0. The first-order valence-corrected chi connectivity index (χ1v) is 8.49. The fourth-order valence-corrected chi connectivity index (χ4v) is 3.13. The molecule has 0 aliphatic carbocycles. The van der Waals surface area contributed by atoms with Crippen molar-refractivity contribution >= 4 is 5.82 Å². The summed E-state index contributed by atoms with van der Waals surface area (Å²) in [5.41, 5.74) is 2.54. The van der Waals surface area contributed by atoms with Crippen molar-refractivity contribution in [3.05, 3.63) is 35.5 Å². The molecule has 3 aromatic heterocycles. The fraction of sp³-hybridized carbons (Fsp3) is 0.471. The Labute approximate surface area is 145 Å². The molecule has 3 aromatic rings. The Morgan fingerprint density at radius 2 is 2.08 bits per heavy atom. The van der Waals surface area contributed by atoms with Crippen LogP contribution in [0.25, 0.3) is 11.5 Å². The highest BCUT2D eigenvalue weighted by Gasteiger charge is 2.31. The van der Waals surface area contributed by atoms with E-state index in [0.717, 1.165) is 42.2 Å². The maximum atomic E-state index is 5.33. The molecule has 0 radical (unpaired) electrons. The van der Waals surface area contributed by atoms with Crippen LogP contribution in [0.4, 0.5) is 5.82 Å². The predicted octanol–water partition coefficient (Wildman–Crippen LogP) is 3.29. The van der Waals surface area contributed by atoms with Gasteiger partial charge < -0.3 is 9.42 Å². The van der Waals surface area contributed by atoms with Crippen molar-refractivity contribution in [1.29, 1.82) is 0 Å². The molecule has 1 atom stereocenters. The van der Waals surface area contributed by atoms with E-state index in [1.165, 1.54) is 0 Å². The monoisotopic (exact) mass is 340 g/mol. The van der Waals surface area contributed by atoms with Gasteiger partial charge in [0.25, 0.3) is 5.89 Å². The lowest BCUT2D eigenvalue weighted by atomic mass is 10.1. The van der Waals surface area contributed by atoms with Gasteiger partial charge in [-0.3, -0.25) is 0 Å². The van der Waals surface area contributed by atoms with Crippen LogP contribution in [0.3, 0.4) is 0 Å². The molecule has 4 rings (SSSR count). The summed E-state index contributed by atoms with van der Waals surface area (Å²) in [5.74, 6) is 2.33. The molecular formula is C17H20N6O2. The fourth-order valence-electron chi connectivity index (χ4n) is 3.13. The zero-order valence-corrected chi connectivity index (χ0v) is 14.5. The number of hydrogen-bond acceptors (Lipinski definition) is 8. The summed E-state index contributed by atoms with van der Waals surface area (Å²) >= 11 is 0. The van der Waals surface area contributed by atoms with E-state index in [9.17, 15) is 0 Å². The van der Waals surface area contributed by atoms with Crippen LogP contribution in [0.2, 0.25) is 0 Å². The van der Waals surface area contributed by atoms with Crippen molar-refractivity contribution in [2.45, 2.75) is 45.6 Å². The molecule has 25 heavy (non-hydrogen) atoms. The van der Waals surface area contributed by atoms with Gasteiger partial charge in [0.2, 0.25) is 0 Å². The molecule has 1 saturated heterocycles. The first kappa shape index (κ1) is 15.7. The summed E-state index contributed by atoms with van der Waals surface area (Å²) in [5, 5.41) is 12.0. The van der Waals surface area contributed by atoms with Crippen molar-refractivity contribution in [2.75, 3.05) is 11.4 Å². The number of pyridine rings is 1. The summed E-state index contributed by atoms with van der Waals surface area (Å²) in [6.45, 7) is 6.91. The molecule has 1 unspecified atom stereocenters. The van der Waals surface area contributed by atoms with Crippen molar-refractivity contribution in [1.82, 2.24) is 25.4 Å². The van der Waals surface area contributed by atoms with E-state index in [2.05, 4.69) is 30.3 Å². The lowest BCUT2D eigenvalue weighted by Crippen LogP contribution is -2.24. The van der Waals surface area contributed by atoms with Gasteiger partial charge in [0.05, 0.1) is 11.6 Å². The molecule has 0 aromatic carbocycles. The molecule has 0 saturated carbocycles. The lowest BCUT2D eigenvalue weighted by Gasteiger charge is -2.24. The first-order valence-electron chi connectivity index (χ1n) is 8.49. The predicted molar refractivity (Wildman–Crippen MR) is 90.0 cm³/mol. The van der Waals surface area contributed by atoms with Gasteiger partial charge in [-0.15, -0.1) is 0 Å². The van der Waals surface area contributed by atoms with Gasteiger partial charge in [-0.1, -0.05) is 29.3 Å². The number of aromatic nitrogens is 5. The Kier molecular flexibility index (Phi) is 3.95. The highest BCUT2D eigenvalue weighted by molar-refractivity contribution is 5.55. The van der Waals surface area contributed by atoms with Crippen LogP contribution in [0.5, 0.6) is 0 Å². The molecule has 0 bridgehead atoms. The summed E-state index contributed by atoms with van der Waals surface area (Å²) < 4.78 is 10.2. The van der Waals surface area contributed by atoms with Gasteiger partial charge >= 0.3 is 0 Å². The summed E-state index contributed by atoms with van der Waals surface area (Å²) in [4.78, 5) is 11.3. The van der Waals surface area contributed by atoms with Gasteiger partial charge in [-0.2, -0.15) is 4.98 Å². The topological polar surface area (TPSA) is 94.0 Å². The van der Waals surface area contributed by atoms with E-state index in [1.807, 2.05) is 32.9 Å². The van der Waals surface area contributed by atoms with E-state index in [-0.39, 0.29) is 12.0 Å². The third-order valence-electron chi connectivity index (χ3n) is 4.50. The van der Waals surface area contributed by atoms with Crippen LogP contribution in [0.1, 0.15) is 55.9 Å². The van der Waals surface area contributed by atoms with Crippen molar-refractivity contribution in [2.24, 2.45) is 0 Å². The molecular weight excluding hydrogens is 320 g/mol. The van der Waals surface area contributed by atoms with Crippen molar-refractivity contribution in [3.8, 4) is 11.5 Å². The summed E-state index contributed by atoms with van der Waals surface area (Å²) in [6, 6.07) is 4.10. The van der Waals surface area contributed by atoms with Crippen LogP contribution in [-0.4, -0.2) is 32.0 Å². The van der Waals surface area contributed by atoms with E-state index in [0.29, 0.717) is 11.7 Å². The summed E-state index contributed by atoms with van der Waals surface area (Å²) in [6.07, 6.45) is 3.87. The van der Waals surface area contributed by atoms with E-state index in [4.69, 9.17) is 9.15 Å². The minimum atomic E-state index is 0.153. The normalized spacial score (nSPS) is 17.6. The molecule has 0 N–H and O–H groups in total. The van der Waals surface area contributed by atoms with E-state index < -0.39 is 0 Å². The Morgan fingerprint density at radius 3 is 2.72 bits per heavy atom. The molecule has 1 aliphatic rings. The van der Waals surface area contributed by atoms with Gasteiger partial charge in [-0.05, 0) is 31.9 Å². The number of rotatable bonds is 4. The maximum absolute atomic E-state index is 5.33. The molecule has 1 aliphatic heterocycles. The highest BCUT2D eigenvalue weighted by Crippen LogP contribution is 2.35. The highest BCUT2D eigenvalue weighted by atomic mass is 16.6. The molecule has 1 fully saturated rings. The van der Waals surface area contributed by atoms with Gasteiger partial charge in [0, 0.05) is 18.7 Å². The smallest absolute Gasteiger partial charge is 0.259 e. The van der Waals surface area contributed by atoms with Crippen LogP contribution in [0.15, 0.2) is 27.5 Å².